The van der Waals surface area contributed by atoms with Crippen LogP contribution in [0.2, 0.25) is 0 Å². The van der Waals surface area contributed by atoms with E-state index in [1.54, 1.807) is 25.4 Å². The summed E-state index contributed by atoms with van der Waals surface area (Å²) in [6.45, 7) is 2.89. The molecule has 29 heavy (non-hydrogen) atoms. The standard InChI is InChI=1S/C23H25N3O3/c1-3-17-4-6-19(7-5-17)26-22-16-18(12-13-24-22)23(27)25-14-15-29-21-10-8-20(28-2)9-11-21/h4-13,16H,3,14-15H2,1-2H3,(H,24,26)(H,25,27). The molecule has 0 spiro atoms. The predicted molar refractivity (Wildman–Crippen MR) is 114 cm³/mol. The summed E-state index contributed by atoms with van der Waals surface area (Å²) in [5, 5.41) is 6.08. The molecule has 0 radical (unpaired) electrons. The van der Waals surface area contributed by atoms with E-state index in [2.05, 4.69) is 34.7 Å². The number of ether oxygens (including phenoxy) is 2. The maximum Gasteiger partial charge on any atom is 0.251 e. The van der Waals surface area contributed by atoms with E-state index in [1.165, 1.54) is 5.56 Å². The lowest BCUT2D eigenvalue weighted by Gasteiger charge is -2.10. The van der Waals surface area contributed by atoms with Gasteiger partial charge in [0.25, 0.3) is 5.91 Å². The van der Waals surface area contributed by atoms with Gasteiger partial charge in [0.1, 0.15) is 23.9 Å². The highest BCUT2D eigenvalue weighted by atomic mass is 16.5. The van der Waals surface area contributed by atoms with Gasteiger partial charge in [0.2, 0.25) is 0 Å². The smallest absolute Gasteiger partial charge is 0.251 e. The van der Waals surface area contributed by atoms with Crippen molar-refractivity contribution >= 4 is 17.4 Å². The quantitative estimate of drug-likeness (QED) is 0.535. The molecule has 1 aromatic heterocycles. The van der Waals surface area contributed by atoms with Crippen molar-refractivity contribution in [1.82, 2.24) is 10.3 Å². The van der Waals surface area contributed by atoms with Crippen molar-refractivity contribution in [2.75, 3.05) is 25.6 Å². The third-order valence-corrected chi connectivity index (χ3v) is 4.37. The lowest BCUT2D eigenvalue weighted by Crippen LogP contribution is -2.28. The van der Waals surface area contributed by atoms with Crippen LogP contribution >= 0.6 is 0 Å². The summed E-state index contributed by atoms with van der Waals surface area (Å²) >= 11 is 0. The molecule has 0 aliphatic rings. The lowest BCUT2D eigenvalue weighted by atomic mass is 10.1. The first-order valence-corrected chi connectivity index (χ1v) is 9.55. The highest BCUT2D eigenvalue weighted by Gasteiger charge is 2.07. The highest BCUT2D eigenvalue weighted by molar-refractivity contribution is 5.94. The van der Waals surface area contributed by atoms with Crippen LogP contribution in [0.5, 0.6) is 11.5 Å². The number of carbonyl (C=O) groups is 1. The fraction of sp³-hybridized carbons (Fsp3) is 0.217. The molecule has 0 aliphatic heterocycles. The van der Waals surface area contributed by atoms with Crippen LogP contribution in [0, 0.1) is 0 Å². The predicted octanol–water partition coefficient (Wildman–Crippen LogP) is 4.21. The zero-order chi connectivity index (χ0) is 20.5. The number of nitrogens with one attached hydrogen (secondary N) is 2. The first kappa shape index (κ1) is 20.2. The second-order valence-corrected chi connectivity index (χ2v) is 6.39. The number of methoxy groups -OCH3 is 1. The highest BCUT2D eigenvalue weighted by Crippen LogP contribution is 2.17. The van der Waals surface area contributed by atoms with E-state index in [1.807, 2.05) is 36.4 Å². The van der Waals surface area contributed by atoms with Crippen LogP contribution in [0.4, 0.5) is 11.5 Å². The molecule has 0 aliphatic carbocycles. The normalized spacial score (nSPS) is 10.3. The van der Waals surface area contributed by atoms with Crippen LogP contribution in [-0.4, -0.2) is 31.2 Å². The van der Waals surface area contributed by atoms with Gasteiger partial charge in [-0.2, -0.15) is 0 Å². The summed E-state index contributed by atoms with van der Waals surface area (Å²) in [5.74, 6) is 1.95. The Labute approximate surface area is 170 Å². The minimum atomic E-state index is -0.171. The van der Waals surface area contributed by atoms with Crippen molar-refractivity contribution in [3.05, 3.63) is 78.0 Å². The van der Waals surface area contributed by atoms with Gasteiger partial charge in [0.15, 0.2) is 0 Å². The number of anilines is 2. The van der Waals surface area contributed by atoms with Crippen LogP contribution in [0.25, 0.3) is 0 Å². The maximum atomic E-state index is 12.4. The molecule has 2 N–H and O–H groups in total. The summed E-state index contributed by atoms with van der Waals surface area (Å²) in [6, 6.07) is 18.9. The monoisotopic (exact) mass is 391 g/mol. The van der Waals surface area contributed by atoms with Crippen molar-refractivity contribution < 1.29 is 14.3 Å². The average Bonchev–Trinajstić information content (AvgIpc) is 2.77. The number of carbonyl (C=O) groups excluding carboxylic acids is 1. The molecule has 0 saturated heterocycles. The summed E-state index contributed by atoms with van der Waals surface area (Å²) < 4.78 is 10.7. The second kappa shape index (κ2) is 10.1. The maximum absolute atomic E-state index is 12.4. The number of amides is 1. The number of nitrogens with zero attached hydrogens (tertiary/aromatic N) is 1. The molecule has 6 heteroatoms. The third kappa shape index (κ3) is 5.97. The number of hydrogen-bond acceptors (Lipinski definition) is 5. The topological polar surface area (TPSA) is 72.5 Å². The fourth-order valence-corrected chi connectivity index (χ4v) is 2.72. The van der Waals surface area contributed by atoms with E-state index in [-0.39, 0.29) is 5.91 Å². The Kier molecular flexibility index (Phi) is 7.05. The number of pyridine rings is 1. The molecule has 150 valence electrons. The van der Waals surface area contributed by atoms with Gasteiger partial charge < -0.3 is 20.1 Å². The van der Waals surface area contributed by atoms with Crippen molar-refractivity contribution in [2.45, 2.75) is 13.3 Å². The molecular weight excluding hydrogens is 366 g/mol. The third-order valence-electron chi connectivity index (χ3n) is 4.37. The van der Waals surface area contributed by atoms with E-state index < -0.39 is 0 Å². The Morgan fingerprint density at radius 3 is 2.41 bits per heavy atom. The Bertz CT molecular complexity index is 925. The minimum absolute atomic E-state index is 0.171. The summed E-state index contributed by atoms with van der Waals surface area (Å²) in [4.78, 5) is 16.7. The van der Waals surface area contributed by atoms with E-state index in [9.17, 15) is 4.79 Å². The first-order chi connectivity index (χ1) is 14.2. The number of rotatable bonds is 9. The van der Waals surface area contributed by atoms with E-state index >= 15 is 0 Å². The Balaban J connectivity index is 1.49. The molecule has 2 aromatic carbocycles. The SMILES string of the molecule is CCc1ccc(Nc2cc(C(=O)NCCOc3ccc(OC)cc3)ccn2)cc1. The molecule has 0 saturated carbocycles. The van der Waals surface area contributed by atoms with E-state index in [0.29, 0.717) is 24.5 Å². The number of hydrogen-bond donors (Lipinski definition) is 2. The van der Waals surface area contributed by atoms with Gasteiger partial charge in [0.05, 0.1) is 13.7 Å². The van der Waals surface area contributed by atoms with Gasteiger partial charge in [-0.3, -0.25) is 4.79 Å². The van der Waals surface area contributed by atoms with Crippen LogP contribution in [0.1, 0.15) is 22.8 Å². The van der Waals surface area contributed by atoms with Gasteiger partial charge in [0, 0.05) is 17.4 Å². The van der Waals surface area contributed by atoms with Crippen LogP contribution in [-0.2, 0) is 6.42 Å². The summed E-state index contributed by atoms with van der Waals surface area (Å²) in [5.41, 5.74) is 2.74. The second-order valence-electron chi connectivity index (χ2n) is 6.39. The van der Waals surface area contributed by atoms with Crippen molar-refractivity contribution in [3.8, 4) is 11.5 Å². The molecule has 0 unspecified atom stereocenters. The van der Waals surface area contributed by atoms with Crippen molar-refractivity contribution in [3.63, 3.8) is 0 Å². The lowest BCUT2D eigenvalue weighted by molar-refractivity contribution is 0.0947. The Morgan fingerprint density at radius 1 is 1.00 bits per heavy atom. The molecule has 1 amide bonds. The molecule has 0 bridgehead atoms. The van der Waals surface area contributed by atoms with Gasteiger partial charge >= 0.3 is 0 Å². The fourth-order valence-electron chi connectivity index (χ4n) is 2.72. The van der Waals surface area contributed by atoms with Crippen LogP contribution in [0.15, 0.2) is 66.9 Å². The van der Waals surface area contributed by atoms with Gasteiger partial charge in [-0.05, 0) is 60.5 Å². The molecule has 6 nitrogen and oxygen atoms in total. The van der Waals surface area contributed by atoms with E-state index in [0.717, 1.165) is 23.6 Å². The van der Waals surface area contributed by atoms with Crippen molar-refractivity contribution in [2.24, 2.45) is 0 Å². The minimum Gasteiger partial charge on any atom is -0.497 e. The van der Waals surface area contributed by atoms with E-state index in [4.69, 9.17) is 9.47 Å². The first-order valence-electron chi connectivity index (χ1n) is 9.55. The molecular formula is C23H25N3O3. The van der Waals surface area contributed by atoms with Crippen LogP contribution < -0.4 is 20.1 Å². The average molecular weight is 391 g/mol. The number of aromatic nitrogens is 1. The molecule has 1 heterocycles. The molecule has 0 atom stereocenters. The zero-order valence-electron chi connectivity index (χ0n) is 16.6. The van der Waals surface area contributed by atoms with Gasteiger partial charge in [-0.25, -0.2) is 4.98 Å². The largest absolute Gasteiger partial charge is 0.497 e. The van der Waals surface area contributed by atoms with Gasteiger partial charge in [-0.1, -0.05) is 19.1 Å². The molecule has 3 aromatic rings. The van der Waals surface area contributed by atoms with Crippen LogP contribution in [0.3, 0.4) is 0 Å². The van der Waals surface area contributed by atoms with Gasteiger partial charge in [-0.15, -0.1) is 0 Å². The molecule has 0 fully saturated rings. The molecule has 3 rings (SSSR count). The summed E-state index contributed by atoms with van der Waals surface area (Å²) in [6.07, 6.45) is 2.61. The number of benzene rings is 2. The summed E-state index contributed by atoms with van der Waals surface area (Å²) in [7, 11) is 1.62. The number of aryl methyl sites for hydroxylation is 1. The Hall–Kier alpha value is -3.54. The zero-order valence-corrected chi connectivity index (χ0v) is 16.6. The Morgan fingerprint density at radius 2 is 1.72 bits per heavy atom. The van der Waals surface area contributed by atoms with Crippen molar-refractivity contribution in [1.29, 1.82) is 0 Å².